The molecule has 0 spiro atoms. The number of carbonyl (C=O) groups excluding carboxylic acids is 2. The number of hydrogen-bond acceptors (Lipinski definition) is 3. The van der Waals surface area contributed by atoms with E-state index in [4.69, 9.17) is 16.3 Å². The van der Waals surface area contributed by atoms with E-state index in [1.54, 1.807) is 30.3 Å². The predicted molar refractivity (Wildman–Crippen MR) is 83.3 cm³/mol. The first-order valence-corrected chi connectivity index (χ1v) is 7.12. The normalized spacial score (nSPS) is 10.0. The van der Waals surface area contributed by atoms with Gasteiger partial charge in [0.25, 0.3) is 5.91 Å². The lowest BCUT2D eigenvalue weighted by atomic mass is 10.1. The van der Waals surface area contributed by atoms with Crippen molar-refractivity contribution in [3.05, 3.63) is 64.9 Å². The summed E-state index contributed by atoms with van der Waals surface area (Å²) in [5, 5.41) is 0.558. The fourth-order valence-corrected chi connectivity index (χ4v) is 1.84. The zero-order valence-electron chi connectivity index (χ0n) is 12.0. The molecule has 0 aliphatic heterocycles. The van der Waals surface area contributed by atoms with Crippen LogP contribution in [0.2, 0.25) is 5.02 Å². The summed E-state index contributed by atoms with van der Waals surface area (Å²) in [6.07, 6.45) is -0.176. The summed E-state index contributed by atoms with van der Waals surface area (Å²) < 4.78 is 18.6. The fourth-order valence-electron chi connectivity index (χ4n) is 1.71. The van der Waals surface area contributed by atoms with Gasteiger partial charge in [-0.25, -0.2) is 4.39 Å². The molecule has 0 heterocycles. The Labute approximate surface area is 137 Å². The third-order valence-corrected chi connectivity index (χ3v) is 3.09. The molecule has 2 N–H and O–H groups in total. The van der Waals surface area contributed by atoms with Gasteiger partial charge in [-0.2, -0.15) is 0 Å². The van der Waals surface area contributed by atoms with Gasteiger partial charge in [-0.05, 0) is 35.9 Å². The quantitative estimate of drug-likeness (QED) is 0.823. The topological polar surface area (TPSA) is 67.4 Å². The van der Waals surface area contributed by atoms with Crippen molar-refractivity contribution in [2.75, 3.05) is 6.61 Å². The summed E-state index contributed by atoms with van der Waals surface area (Å²) >= 11 is 5.73. The van der Waals surface area contributed by atoms with Gasteiger partial charge in [0.1, 0.15) is 11.6 Å². The summed E-state index contributed by atoms with van der Waals surface area (Å²) in [7, 11) is 0. The molecule has 0 saturated heterocycles. The summed E-state index contributed by atoms with van der Waals surface area (Å²) in [6, 6.07) is 12.4. The molecular weight excluding hydrogens is 323 g/mol. The molecule has 0 aromatic heterocycles. The molecular formula is C16H14ClFN2O3. The van der Waals surface area contributed by atoms with E-state index in [-0.39, 0.29) is 18.6 Å². The van der Waals surface area contributed by atoms with Gasteiger partial charge in [-0.1, -0.05) is 29.8 Å². The lowest BCUT2D eigenvalue weighted by Crippen LogP contribution is -2.44. The van der Waals surface area contributed by atoms with E-state index in [9.17, 15) is 14.0 Å². The highest BCUT2D eigenvalue weighted by Crippen LogP contribution is 2.15. The average Bonchev–Trinajstić information content (AvgIpc) is 2.54. The highest BCUT2D eigenvalue weighted by Gasteiger charge is 2.09. The average molecular weight is 337 g/mol. The standard InChI is InChI=1S/C16H14ClFN2O3/c17-12-5-7-13(8-6-12)23-10-16(22)20-19-15(21)9-11-3-1-2-4-14(11)18/h1-8H,9-10H2,(H,19,21)(H,20,22). The van der Waals surface area contributed by atoms with E-state index in [2.05, 4.69) is 10.9 Å². The number of amides is 2. The van der Waals surface area contributed by atoms with Gasteiger partial charge in [0.15, 0.2) is 6.61 Å². The van der Waals surface area contributed by atoms with Gasteiger partial charge in [0.05, 0.1) is 6.42 Å². The van der Waals surface area contributed by atoms with Crippen molar-refractivity contribution < 1.29 is 18.7 Å². The van der Waals surface area contributed by atoms with Crippen molar-refractivity contribution in [1.82, 2.24) is 10.9 Å². The maximum absolute atomic E-state index is 13.4. The molecule has 0 aliphatic carbocycles. The van der Waals surface area contributed by atoms with Crippen LogP contribution in [0.4, 0.5) is 4.39 Å². The summed E-state index contributed by atoms with van der Waals surface area (Å²) in [5.74, 6) is -1.07. The second-order valence-corrected chi connectivity index (χ2v) is 5.04. The molecule has 0 atom stereocenters. The maximum atomic E-state index is 13.4. The van der Waals surface area contributed by atoms with Gasteiger partial charge < -0.3 is 4.74 Å². The zero-order chi connectivity index (χ0) is 16.7. The van der Waals surface area contributed by atoms with Crippen molar-refractivity contribution in [2.24, 2.45) is 0 Å². The van der Waals surface area contributed by atoms with Gasteiger partial charge in [0, 0.05) is 5.02 Å². The van der Waals surface area contributed by atoms with E-state index in [0.29, 0.717) is 10.8 Å². The third-order valence-electron chi connectivity index (χ3n) is 2.83. The maximum Gasteiger partial charge on any atom is 0.276 e. The number of carbonyl (C=O) groups is 2. The van der Waals surface area contributed by atoms with Crippen molar-refractivity contribution in [2.45, 2.75) is 6.42 Å². The van der Waals surface area contributed by atoms with E-state index in [1.807, 2.05) is 0 Å². The Balaban J connectivity index is 1.72. The molecule has 0 bridgehead atoms. The highest BCUT2D eigenvalue weighted by molar-refractivity contribution is 6.30. The van der Waals surface area contributed by atoms with Crippen molar-refractivity contribution in [1.29, 1.82) is 0 Å². The monoisotopic (exact) mass is 336 g/mol. The second kappa shape index (κ2) is 8.14. The lowest BCUT2D eigenvalue weighted by molar-refractivity contribution is -0.129. The van der Waals surface area contributed by atoms with Gasteiger partial charge in [0.2, 0.25) is 5.91 Å². The van der Waals surface area contributed by atoms with Crippen molar-refractivity contribution >= 4 is 23.4 Å². The molecule has 2 aromatic rings. The second-order valence-electron chi connectivity index (χ2n) is 4.61. The van der Waals surface area contributed by atoms with Crippen LogP contribution in [0.1, 0.15) is 5.56 Å². The van der Waals surface area contributed by atoms with Crippen molar-refractivity contribution in [3.8, 4) is 5.75 Å². The van der Waals surface area contributed by atoms with Crippen LogP contribution in [-0.4, -0.2) is 18.4 Å². The first kappa shape index (κ1) is 16.8. The zero-order valence-corrected chi connectivity index (χ0v) is 12.8. The summed E-state index contributed by atoms with van der Waals surface area (Å²) in [6.45, 7) is -0.276. The number of hydrogen-bond donors (Lipinski definition) is 2. The van der Waals surface area contributed by atoms with Crippen LogP contribution in [0, 0.1) is 5.82 Å². The molecule has 0 radical (unpaired) electrons. The number of rotatable bonds is 5. The van der Waals surface area contributed by atoms with E-state index in [0.717, 1.165) is 0 Å². The molecule has 0 saturated carbocycles. The number of halogens is 2. The third kappa shape index (κ3) is 5.60. The van der Waals surface area contributed by atoms with Crippen LogP contribution in [0.5, 0.6) is 5.75 Å². The lowest BCUT2D eigenvalue weighted by Gasteiger charge is -2.09. The molecule has 120 valence electrons. The molecule has 2 amide bonds. The van der Waals surface area contributed by atoms with Gasteiger partial charge >= 0.3 is 0 Å². The largest absolute Gasteiger partial charge is 0.484 e. The van der Waals surface area contributed by atoms with Crippen molar-refractivity contribution in [3.63, 3.8) is 0 Å². The van der Waals surface area contributed by atoms with E-state index in [1.165, 1.54) is 18.2 Å². The van der Waals surface area contributed by atoms with E-state index >= 15 is 0 Å². The van der Waals surface area contributed by atoms with E-state index < -0.39 is 17.6 Å². The molecule has 2 aromatic carbocycles. The Morgan fingerprint density at radius 1 is 1.00 bits per heavy atom. The van der Waals surface area contributed by atoms with Crippen LogP contribution in [0.3, 0.4) is 0 Å². The molecule has 0 fully saturated rings. The first-order valence-electron chi connectivity index (χ1n) is 6.74. The Morgan fingerprint density at radius 2 is 1.65 bits per heavy atom. The Hall–Kier alpha value is -2.60. The summed E-state index contributed by atoms with van der Waals surface area (Å²) in [5.41, 5.74) is 4.64. The Kier molecular flexibility index (Phi) is 5.94. The van der Waals surface area contributed by atoms with Crippen LogP contribution in [-0.2, 0) is 16.0 Å². The molecule has 23 heavy (non-hydrogen) atoms. The highest BCUT2D eigenvalue weighted by atomic mass is 35.5. The minimum atomic E-state index is -0.540. The van der Waals surface area contributed by atoms with Gasteiger partial charge in [-0.15, -0.1) is 0 Å². The molecule has 5 nitrogen and oxygen atoms in total. The predicted octanol–water partition coefficient (Wildman–Crippen LogP) is 2.25. The minimum absolute atomic E-state index is 0.176. The van der Waals surface area contributed by atoms with Crippen LogP contribution >= 0.6 is 11.6 Å². The fraction of sp³-hybridized carbons (Fsp3) is 0.125. The number of ether oxygens (including phenoxy) is 1. The number of hydrazine groups is 1. The molecule has 2 rings (SSSR count). The molecule has 0 unspecified atom stereocenters. The van der Waals surface area contributed by atoms with Crippen LogP contribution in [0.15, 0.2) is 48.5 Å². The first-order chi connectivity index (χ1) is 11.0. The molecule has 7 heteroatoms. The minimum Gasteiger partial charge on any atom is -0.484 e. The number of benzene rings is 2. The number of nitrogens with one attached hydrogen (secondary N) is 2. The smallest absolute Gasteiger partial charge is 0.276 e. The Bertz CT molecular complexity index is 692. The van der Waals surface area contributed by atoms with Gasteiger partial charge in [-0.3, -0.25) is 20.4 Å². The summed E-state index contributed by atoms with van der Waals surface area (Å²) in [4.78, 5) is 23.2. The Morgan fingerprint density at radius 3 is 2.35 bits per heavy atom. The SMILES string of the molecule is O=C(COc1ccc(Cl)cc1)NNC(=O)Cc1ccccc1F. The molecule has 0 aliphatic rings. The van der Waals surface area contributed by atoms with Crippen LogP contribution in [0.25, 0.3) is 0 Å². The van der Waals surface area contributed by atoms with Crippen LogP contribution < -0.4 is 15.6 Å².